The van der Waals surface area contributed by atoms with Gasteiger partial charge in [-0.15, -0.1) is 0 Å². The summed E-state index contributed by atoms with van der Waals surface area (Å²) in [4.78, 5) is 37.9. The Morgan fingerprint density at radius 3 is 0.966 bits per heavy atom. The van der Waals surface area contributed by atoms with Crippen molar-refractivity contribution in [3.8, 4) is 0 Å². The molecule has 0 aromatic rings. The molecule has 2 atom stereocenters. The molecule has 0 radical (unpaired) electrons. The molecular weight excluding hydrogens is 733 g/mol. The van der Waals surface area contributed by atoms with Gasteiger partial charge in [-0.25, -0.2) is 0 Å². The number of rotatable bonds is 47. The van der Waals surface area contributed by atoms with Gasteiger partial charge in [0.15, 0.2) is 6.10 Å². The van der Waals surface area contributed by atoms with Gasteiger partial charge in [-0.1, -0.05) is 253 Å². The monoisotopic (exact) mass is 835 g/mol. The normalized spacial score (nSPS) is 12.5. The van der Waals surface area contributed by atoms with Gasteiger partial charge in [0, 0.05) is 19.3 Å². The first kappa shape index (κ1) is 57.4. The van der Waals surface area contributed by atoms with Crippen molar-refractivity contribution in [3.05, 3.63) is 0 Å². The number of esters is 3. The summed E-state index contributed by atoms with van der Waals surface area (Å²) in [6.45, 7) is 11.4. The maximum absolute atomic E-state index is 12.8. The number of carbonyl (C=O) groups excluding carboxylic acids is 3. The smallest absolute Gasteiger partial charge is 0.306 e. The molecule has 59 heavy (non-hydrogen) atoms. The molecule has 0 amide bonds. The van der Waals surface area contributed by atoms with Crippen LogP contribution in [0.15, 0.2) is 0 Å². The summed E-state index contributed by atoms with van der Waals surface area (Å²) in [7, 11) is 0. The maximum atomic E-state index is 12.8. The summed E-state index contributed by atoms with van der Waals surface area (Å²) in [5.74, 6) is 0.864. The fourth-order valence-corrected chi connectivity index (χ4v) is 7.96. The lowest BCUT2D eigenvalue weighted by atomic mass is 9.99. The lowest BCUT2D eigenvalue weighted by molar-refractivity contribution is -0.167. The van der Waals surface area contributed by atoms with E-state index < -0.39 is 6.10 Å². The van der Waals surface area contributed by atoms with Crippen LogP contribution < -0.4 is 0 Å². The maximum Gasteiger partial charge on any atom is 0.306 e. The Labute approximate surface area is 368 Å². The van der Waals surface area contributed by atoms with Gasteiger partial charge in [0.25, 0.3) is 0 Å². The third-order valence-corrected chi connectivity index (χ3v) is 12.3. The number of ether oxygens (including phenoxy) is 3. The first-order valence-corrected chi connectivity index (χ1v) is 26.3. The van der Waals surface area contributed by atoms with E-state index in [4.69, 9.17) is 14.2 Å². The zero-order valence-electron chi connectivity index (χ0n) is 40.4. The van der Waals surface area contributed by atoms with E-state index in [1.54, 1.807) is 0 Å². The summed E-state index contributed by atoms with van der Waals surface area (Å²) in [5.41, 5.74) is 0. The van der Waals surface area contributed by atoms with Gasteiger partial charge >= 0.3 is 17.9 Å². The van der Waals surface area contributed by atoms with Crippen LogP contribution in [0.5, 0.6) is 0 Å². The van der Waals surface area contributed by atoms with Gasteiger partial charge in [-0.2, -0.15) is 0 Å². The van der Waals surface area contributed by atoms with Crippen molar-refractivity contribution in [1.29, 1.82) is 0 Å². The predicted octanol–water partition coefficient (Wildman–Crippen LogP) is 16.9. The number of carbonyl (C=O) groups is 3. The Balaban J connectivity index is 4.28. The second-order valence-corrected chi connectivity index (χ2v) is 18.9. The van der Waals surface area contributed by atoms with Crippen molar-refractivity contribution < 1.29 is 28.6 Å². The summed E-state index contributed by atoms with van der Waals surface area (Å²) in [6.07, 6.45) is 46.5. The van der Waals surface area contributed by atoms with E-state index in [2.05, 4.69) is 34.6 Å². The molecule has 350 valence electrons. The summed E-state index contributed by atoms with van der Waals surface area (Å²) >= 11 is 0. The molecule has 6 heteroatoms. The number of hydrogen-bond acceptors (Lipinski definition) is 6. The Kier molecular flexibility index (Phi) is 44.7. The zero-order chi connectivity index (χ0) is 43.3. The van der Waals surface area contributed by atoms with E-state index in [-0.39, 0.29) is 31.1 Å². The number of hydrogen-bond donors (Lipinski definition) is 0. The highest BCUT2D eigenvalue weighted by Gasteiger charge is 2.19. The SMILES string of the molecule is CCCCCCCCCCCCC(=O)OC[C@H](COC(=O)CCCCCCCCCCCCCCCCC(C)C)OC(=O)CCCCCCCCCCCCC(C)CC. The highest BCUT2D eigenvalue weighted by Crippen LogP contribution is 2.18. The standard InChI is InChI=1S/C53H102O6/c1-6-8-9-10-11-12-23-28-33-38-43-51(54)57-46-50(59-53(56)45-40-35-30-25-20-19-22-27-32-37-42-49(5)7-2)47-58-52(55)44-39-34-29-24-18-16-14-13-15-17-21-26-31-36-41-48(3)4/h48-50H,6-47H2,1-5H3/t49?,50-/m1/s1. The second-order valence-electron chi connectivity index (χ2n) is 18.9. The van der Waals surface area contributed by atoms with Crippen molar-refractivity contribution in [1.82, 2.24) is 0 Å². The minimum absolute atomic E-state index is 0.0636. The van der Waals surface area contributed by atoms with E-state index in [1.807, 2.05) is 0 Å². The molecule has 0 N–H and O–H groups in total. The molecule has 0 fully saturated rings. The molecule has 0 bridgehead atoms. The quantitative estimate of drug-likeness (QED) is 0.0345. The molecule has 0 saturated heterocycles. The van der Waals surface area contributed by atoms with Crippen molar-refractivity contribution in [3.63, 3.8) is 0 Å². The van der Waals surface area contributed by atoms with Crippen molar-refractivity contribution in [2.45, 2.75) is 298 Å². The Morgan fingerprint density at radius 1 is 0.356 bits per heavy atom. The van der Waals surface area contributed by atoms with E-state index in [0.717, 1.165) is 69.6 Å². The lowest BCUT2D eigenvalue weighted by Gasteiger charge is -2.18. The average Bonchev–Trinajstić information content (AvgIpc) is 3.22. The molecule has 0 rings (SSSR count). The molecule has 0 aliphatic carbocycles. The molecule has 0 aliphatic heterocycles. The molecule has 0 heterocycles. The van der Waals surface area contributed by atoms with Crippen LogP contribution in [0.25, 0.3) is 0 Å². The van der Waals surface area contributed by atoms with Crippen LogP contribution >= 0.6 is 0 Å². The van der Waals surface area contributed by atoms with Gasteiger partial charge in [0.2, 0.25) is 0 Å². The first-order chi connectivity index (χ1) is 28.8. The summed E-state index contributed by atoms with van der Waals surface area (Å²) in [5, 5.41) is 0. The predicted molar refractivity (Wildman–Crippen MR) is 252 cm³/mol. The van der Waals surface area contributed by atoms with Gasteiger partial charge in [0.1, 0.15) is 13.2 Å². The highest BCUT2D eigenvalue weighted by atomic mass is 16.6. The van der Waals surface area contributed by atoms with E-state index in [1.165, 1.54) is 180 Å². The van der Waals surface area contributed by atoms with Crippen molar-refractivity contribution in [2.24, 2.45) is 11.8 Å². The minimum Gasteiger partial charge on any atom is -0.462 e. The summed E-state index contributed by atoms with van der Waals surface area (Å²) in [6, 6.07) is 0. The summed E-state index contributed by atoms with van der Waals surface area (Å²) < 4.78 is 16.8. The average molecular weight is 835 g/mol. The Hall–Kier alpha value is -1.59. The topological polar surface area (TPSA) is 78.9 Å². The molecular formula is C53H102O6. The fraction of sp³-hybridized carbons (Fsp3) is 0.943. The van der Waals surface area contributed by atoms with Gasteiger partial charge in [-0.05, 0) is 31.1 Å². The molecule has 0 saturated carbocycles. The second kappa shape index (κ2) is 45.9. The lowest BCUT2D eigenvalue weighted by Crippen LogP contribution is -2.30. The molecule has 0 aliphatic rings. The number of unbranched alkanes of at least 4 members (excludes halogenated alkanes) is 31. The third kappa shape index (κ3) is 45.8. The Bertz CT molecular complexity index is 902. The van der Waals surface area contributed by atoms with E-state index in [9.17, 15) is 14.4 Å². The van der Waals surface area contributed by atoms with Crippen LogP contribution in [0, 0.1) is 11.8 Å². The van der Waals surface area contributed by atoms with E-state index in [0.29, 0.717) is 19.3 Å². The van der Waals surface area contributed by atoms with Crippen molar-refractivity contribution >= 4 is 17.9 Å². The minimum atomic E-state index is -0.761. The van der Waals surface area contributed by atoms with Crippen LogP contribution in [0.1, 0.15) is 291 Å². The highest BCUT2D eigenvalue weighted by molar-refractivity contribution is 5.71. The molecule has 1 unspecified atom stereocenters. The van der Waals surface area contributed by atoms with Crippen LogP contribution in [-0.2, 0) is 28.6 Å². The van der Waals surface area contributed by atoms with Crippen molar-refractivity contribution in [2.75, 3.05) is 13.2 Å². The van der Waals surface area contributed by atoms with Crippen LogP contribution in [0.4, 0.5) is 0 Å². The first-order valence-electron chi connectivity index (χ1n) is 26.3. The molecule has 0 aromatic carbocycles. The van der Waals surface area contributed by atoms with Gasteiger partial charge < -0.3 is 14.2 Å². The largest absolute Gasteiger partial charge is 0.462 e. The van der Waals surface area contributed by atoms with Gasteiger partial charge in [-0.3, -0.25) is 14.4 Å². The zero-order valence-corrected chi connectivity index (χ0v) is 40.4. The third-order valence-electron chi connectivity index (χ3n) is 12.3. The molecule has 0 spiro atoms. The van der Waals surface area contributed by atoms with Crippen LogP contribution in [0.3, 0.4) is 0 Å². The van der Waals surface area contributed by atoms with Gasteiger partial charge in [0.05, 0.1) is 0 Å². The fourth-order valence-electron chi connectivity index (χ4n) is 7.96. The van der Waals surface area contributed by atoms with Crippen LogP contribution in [-0.4, -0.2) is 37.2 Å². The molecule has 6 nitrogen and oxygen atoms in total. The Morgan fingerprint density at radius 2 is 0.644 bits per heavy atom. The van der Waals surface area contributed by atoms with E-state index >= 15 is 0 Å². The molecule has 0 aromatic heterocycles. The van der Waals surface area contributed by atoms with Crippen LogP contribution in [0.2, 0.25) is 0 Å².